The van der Waals surface area contributed by atoms with E-state index in [-0.39, 0.29) is 5.97 Å². The molecule has 2 heterocycles. The molecule has 3 aromatic rings. The second-order valence-corrected chi connectivity index (χ2v) is 6.05. The first-order chi connectivity index (χ1) is 11.0. The first-order valence-corrected chi connectivity index (χ1v) is 8.03. The first kappa shape index (κ1) is 16.0. The van der Waals surface area contributed by atoms with Gasteiger partial charge in [0.2, 0.25) is 0 Å². The predicted octanol–water partition coefficient (Wildman–Crippen LogP) is 4.51. The Kier molecular flexibility index (Phi) is 4.37. The summed E-state index contributed by atoms with van der Waals surface area (Å²) in [5.74, 6) is -0.355. The summed E-state index contributed by atoms with van der Waals surface area (Å²) in [6.07, 6.45) is 1.95. The van der Waals surface area contributed by atoms with Crippen molar-refractivity contribution in [1.29, 1.82) is 0 Å². The quantitative estimate of drug-likeness (QED) is 0.649. The van der Waals surface area contributed by atoms with E-state index in [4.69, 9.17) is 27.9 Å². The molecule has 2 aromatic heterocycles. The molecule has 0 saturated carbocycles. The molecule has 6 heteroatoms. The number of rotatable bonds is 4. The number of carbonyl (C=O) groups is 1. The summed E-state index contributed by atoms with van der Waals surface area (Å²) >= 11 is 12.6. The fraction of sp³-hybridized carbons (Fsp3) is 0.235. The van der Waals surface area contributed by atoms with Gasteiger partial charge in [0.15, 0.2) is 0 Å². The van der Waals surface area contributed by atoms with Crippen molar-refractivity contribution in [1.82, 2.24) is 9.13 Å². The Labute approximate surface area is 144 Å². The van der Waals surface area contributed by atoms with Crippen LogP contribution in [0.25, 0.3) is 11.0 Å². The fourth-order valence-corrected chi connectivity index (χ4v) is 3.17. The molecule has 0 saturated heterocycles. The van der Waals surface area contributed by atoms with E-state index in [2.05, 4.69) is 0 Å². The van der Waals surface area contributed by atoms with Crippen LogP contribution in [0.1, 0.15) is 23.0 Å². The number of hydrogen-bond acceptors (Lipinski definition) is 2. The third-order valence-electron chi connectivity index (χ3n) is 3.82. The number of halogens is 2. The van der Waals surface area contributed by atoms with Gasteiger partial charge in [0.1, 0.15) is 5.69 Å². The molecule has 0 aliphatic carbocycles. The van der Waals surface area contributed by atoms with Crippen molar-refractivity contribution in [2.75, 3.05) is 6.61 Å². The fourth-order valence-electron chi connectivity index (χ4n) is 2.66. The summed E-state index contributed by atoms with van der Waals surface area (Å²) in [5.41, 5.74) is 3.16. The zero-order valence-corrected chi connectivity index (χ0v) is 14.4. The predicted molar refractivity (Wildman–Crippen MR) is 92.4 cm³/mol. The maximum absolute atomic E-state index is 12.3. The van der Waals surface area contributed by atoms with Gasteiger partial charge in [-0.05, 0) is 31.2 Å². The van der Waals surface area contributed by atoms with Gasteiger partial charge in [-0.1, -0.05) is 29.3 Å². The van der Waals surface area contributed by atoms with E-state index < -0.39 is 0 Å². The second kappa shape index (κ2) is 6.30. The van der Waals surface area contributed by atoms with Crippen LogP contribution < -0.4 is 0 Å². The summed E-state index contributed by atoms with van der Waals surface area (Å²) in [5, 5.41) is 1.15. The van der Waals surface area contributed by atoms with E-state index >= 15 is 0 Å². The zero-order chi connectivity index (χ0) is 16.6. The van der Waals surface area contributed by atoms with Crippen molar-refractivity contribution in [3.8, 4) is 0 Å². The maximum atomic E-state index is 12.3. The number of benzene rings is 1. The molecule has 0 bridgehead atoms. The number of ether oxygens (including phenoxy) is 1. The van der Waals surface area contributed by atoms with Crippen molar-refractivity contribution >= 4 is 40.2 Å². The largest absolute Gasteiger partial charge is 0.461 e. The normalized spacial score (nSPS) is 11.1. The molecule has 0 aliphatic heterocycles. The van der Waals surface area contributed by atoms with Crippen LogP contribution in [0.2, 0.25) is 10.0 Å². The highest BCUT2D eigenvalue weighted by Gasteiger charge is 2.20. The van der Waals surface area contributed by atoms with Crippen LogP contribution in [0.5, 0.6) is 0 Å². The lowest BCUT2D eigenvalue weighted by molar-refractivity contribution is 0.0515. The topological polar surface area (TPSA) is 36.2 Å². The molecule has 0 N–H and O–H groups in total. The van der Waals surface area contributed by atoms with E-state index in [9.17, 15) is 4.79 Å². The minimum absolute atomic E-state index is 0.327. The number of hydrogen-bond donors (Lipinski definition) is 0. The Morgan fingerprint density at radius 1 is 1.17 bits per heavy atom. The van der Waals surface area contributed by atoms with Crippen molar-refractivity contribution < 1.29 is 9.53 Å². The zero-order valence-electron chi connectivity index (χ0n) is 12.8. The van der Waals surface area contributed by atoms with Crippen molar-refractivity contribution in [2.24, 2.45) is 7.05 Å². The van der Waals surface area contributed by atoms with E-state index in [1.165, 1.54) is 0 Å². The van der Waals surface area contributed by atoms with Crippen LogP contribution >= 0.6 is 23.2 Å². The maximum Gasteiger partial charge on any atom is 0.355 e. The van der Waals surface area contributed by atoms with Gasteiger partial charge in [-0.3, -0.25) is 0 Å². The van der Waals surface area contributed by atoms with Gasteiger partial charge < -0.3 is 13.9 Å². The number of fused-ring (bicyclic) bond motifs is 1. The molecule has 0 atom stereocenters. The highest BCUT2D eigenvalue weighted by molar-refractivity contribution is 6.36. The highest BCUT2D eigenvalue weighted by Crippen LogP contribution is 2.29. The van der Waals surface area contributed by atoms with Gasteiger partial charge in [0, 0.05) is 28.9 Å². The highest BCUT2D eigenvalue weighted by atomic mass is 35.5. The lowest BCUT2D eigenvalue weighted by Crippen LogP contribution is -2.13. The SMILES string of the molecule is CCOC(=O)c1cc2c(ccn2C)n1Cc1c(Cl)cccc1Cl. The van der Waals surface area contributed by atoms with Crippen LogP contribution in [0.3, 0.4) is 0 Å². The molecule has 0 unspecified atom stereocenters. The summed E-state index contributed by atoms with van der Waals surface area (Å²) in [6.45, 7) is 2.52. The lowest BCUT2D eigenvalue weighted by Gasteiger charge is -2.12. The average Bonchev–Trinajstić information content (AvgIpc) is 3.04. The Morgan fingerprint density at radius 3 is 2.52 bits per heavy atom. The monoisotopic (exact) mass is 350 g/mol. The standard InChI is InChI=1S/C17H16Cl2N2O2/c1-3-23-17(22)16-9-15-14(7-8-20(15)2)21(16)10-11-12(18)5-4-6-13(11)19/h4-9H,3,10H2,1-2H3. The van der Waals surface area contributed by atoms with Crippen LogP contribution in [-0.4, -0.2) is 21.7 Å². The molecule has 0 fully saturated rings. The van der Waals surface area contributed by atoms with E-state index in [1.807, 2.05) is 34.5 Å². The van der Waals surface area contributed by atoms with Crippen molar-refractivity contribution in [2.45, 2.75) is 13.5 Å². The minimum Gasteiger partial charge on any atom is -0.461 e. The summed E-state index contributed by atoms with van der Waals surface area (Å²) in [4.78, 5) is 12.3. The number of esters is 1. The van der Waals surface area contributed by atoms with Crippen LogP contribution in [0.15, 0.2) is 36.5 Å². The smallest absolute Gasteiger partial charge is 0.355 e. The molecular formula is C17H16Cl2N2O2. The molecule has 4 nitrogen and oxygen atoms in total. The molecule has 23 heavy (non-hydrogen) atoms. The minimum atomic E-state index is -0.355. The summed E-state index contributed by atoms with van der Waals surface area (Å²) in [7, 11) is 1.93. The van der Waals surface area contributed by atoms with Crippen molar-refractivity contribution in [3.63, 3.8) is 0 Å². The van der Waals surface area contributed by atoms with Crippen LogP contribution in [0, 0.1) is 0 Å². The Bertz CT molecular complexity index is 860. The molecule has 0 radical (unpaired) electrons. The number of aromatic nitrogens is 2. The third-order valence-corrected chi connectivity index (χ3v) is 4.52. The Morgan fingerprint density at radius 2 is 1.87 bits per heavy atom. The van der Waals surface area contributed by atoms with Crippen molar-refractivity contribution in [3.05, 3.63) is 57.8 Å². The summed E-state index contributed by atoms with van der Waals surface area (Å²) in [6, 6.07) is 9.17. The second-order valence-electron chi connectivity index (χ2n) is 5.23. The Hall–Kier alpha value is -1.91. The molecule has 0 spiro atoms. The molecule has 0 aliphatic rings. The van der Waals surface area contributed by atoms with Gasteiger partial charge in [-0.15, -0.1) is 0 Å². The van der Waals surface area contributed by atoms with Crippen LogP contribution in [-0.2, 0) is 18.3 Å². The molecule has 0 amide bonds. The van der Waals surface area contributed by atoms with E-state index in [0.717, 1.165) is 16.6 Å². The first-order valence-electron chi connectivity index (χ1n) is 7.27. The average molecular weight is 351 g/mol. The number of nitrogens with zero attached hydrogens (tertiary/aromatic N) is 2. The van der Waals surface area contributed by atoms with E-state index in [1.54, 1.807) is 25.1 Å². The van der Waals surface area contributed by atoms with Gasteiger partial charge in [0.25, 0.3) is 0 Å². The Balaban J connectivity index is 2.14. The van der Waals surface area contributed by atoms with Gasteiger partial charge in [-0.25, -0.2) is 4.79 Å². The van der Waals surface area contributed by atoms with Gasteiger partial charge >= 0.3 is 5.97 Å². The molecule has 1 aromatic carbocycles. The molecular weight excluding hydrogens is 335 g/mol. The summed E-state index contributed by atoms with van der Waals surface area (Å²) < 4.78 is 9.02. The lowest BCUT2D eigenvalue weighted by atomic mass is 10.2. The van der Waals surface area contributed by atoms with E-state index in [0.29, 0.717) is 28.9 Å². The molecule has 120 valence electrons. The third kappa shape index (κ3) is 2.84. The van der Waals surface area contributed by atoms with Crippen LogP contribution in [0.4, 0.5) is 0 Å². The number of aryl methyl sites for hydroxylation is 1. The molecule has 3 rings (SSSR count). The number of carbonyl (C=O) groups excluding carboxylic acids is 1. The van der Waals surface area contributed by atoms with Gasteiger partial charge in [-0.2, -0.15) is 0 Å². The van der Waals surface area contributed by atoms with Gasteiger partial charge in [0.05, 0.1) is 24.2 Å².